The molecule has 29 heavy (non-hydrogen) atoms. The van der Waals surface area contributed by atoms with Crippen molar-refractivity contribution in [2.24, 2.45) is 0 Å². The zero-order chi connectivity index (χ0) is 20.2. The van der Waals surface area contributed by atoms with E-state index < -0.39 is 0 Å². The van der Waals surface area contributed by atoms with Crippen LogP contribution in [0.1, 0.15) is 11.1 Å². The second-order valence-electron chi connectivity index (χ2n) is 6.66. The SMILES string of the molecule is Clc1cccc(COc2ccc3ccccc3c2CNc2ccc(Cl)cc2Cl)c1. The molecule has 0 aromatic heterocycles. The third-order valence-corrected chi connectivity index (χ3v) is 5.45. The highest BCUT2D eigenvalue weighted by Crippen LogP contribution is 2.31. The molecule has 0 saturated carbocycles. The molecule has 0 amide bonds. The number of hydrogen-bond acceptors (Lipinski definition) is 2. The van der Waals surface area contributed by atoms with Gasteiger partial charge in [-0.05, 0) is 52.7 Å². The molecule has 0 atom stereocenters. The Bertz CT molecular complexity index is 1160. The summed E-state index contributed by atoms with van der Waals surface area (Å²) in [6.07, 6.45) is 0. The highest BCUT2D eigenvalue weighted by atomic mass is 35.5. The van der Waals surface area contributed by atoms with Gasteiger partial charge in [-0.3, -0.25) is 0 Å². The van der Waals surface area contributed by atoms with Crippen LogP contribution in [-0.2, 0) is 13.2 Å². The third-order valence-electron chi connectivity index (χ3n) is 4.67. The van der Waals surface area contributed by atoms with Crippen LogP contribution < -0.4 is 10.1 Å². The molecule has 0 fully saturated rings. The second-order valence-corrected chi connectivity index (χ2v) is 7.94. The average Bonchev–Trinajstić information content (AvgIpc) is 2.72. The molecule has 0 heterocycles. The number of fused-ring (bicyclic) bond motifs is 1. The van der Waals surface area contributed by atoms with E-state index in [1.807, 2.05) is 54.6 Å². The normalized spacial score (nSPS) is 10.9. The van der Waals surface area contributed by atoms with Crippen LogP contribution in [0.2, 0.25) is 15.1 Å². The minimum atomic E-state index is 0.438. The van der Waals surface area contributed by atoms with E-state index in [1.165, 1.54) is 0 Å². The van der Waals surface area contributed by atoms with Crippen LogP contribution in [-0.4, -0.2) is 0 Å². The van der Waals surface area contributed by atoms with Crippen molar-refractivity contribution in [2.45, 2.75) is 13.2 Å². The molecule has 4 aromatic rings. The van der Waals surface area contributed by atoms with E-state index in [0.29, 0.717) is 28.2 Å². The molecule has 146 valence electrons. The number of anilines is 1. The Morgan fingerprint density at radius 2 is 1.59 bits per heavy atom. The van der Waals surface area contributed by atoms with E-state index in [9.17, 15) is 0 Å². The van der Waals surface area contributed by atoms with Gasteiger partial charge in [0.1, 0.15) is 12.4 Å². The first kappa shape index (κ1) is 19.9. The first-order valence-electron chi connectivity index (χ1n) is 9.17. The number of hydrogen-bond donors (Lipinski definition) is 1. The predicted molar refractivity (Wildman–Crippen MR) is 124 cm³/mol. The molecule has 0 aliphatic heterocycles. The summed E-state index contributed by atoms with van der Waals surface area (Å²) < 4.78 is 6.17. The van der Waals surface area contributed by atoms with Crippen molar-refractivity contribution < 1.29 is 4.74 Å². The van der Waals surface area contributed by atoms with Crippen LogP contribution in [0, 0.1) is 0 Å². The van der Waals surface area contributed by atoms with Crippen LogP contribution in [0.3, 0.4) is 0 Å². The summed E-state index contributed by atoms with van der Waals surface area (Å²) in [7, 11) is 0. The minimum absolute atomic E-state index is 0.438. The summed E-state index contributed by atoms with van der Waals surface area (Å²) in [6, 6.07) is 25.4. The fourth-order valence-electron chi connectivity index (χ4n) is 3.24. The largest absolute Gasteiger partial charge is 0.489 e. The number of nitrogens with one attached hydrogen (secondary N) is 1. The highest BCUT2D eigenvalue weighted by Gasteiger charge is 2.11. The van der Waals surface area contributed by atoms with Crippen LogP contribution in [0.15, 0.2) is 78.9 Å². The lowest BCUT2D eigenvalue weighted by atomic mass is 10.0. The van der Waals surface area contributed by atoms with E-state index >= 15 is 0 Å². The van der Waals surface area contributed by atoms with Gasteiger partial charge >= 0.3 is 0 Å². The molecule has 0 aliphatic carbocycles. The fraction of sp³-hybridized carbons (Fsp3) is 0.0833. The van der Waals surface area contributed by atoms with Crippen molar-refractivity contribution in [3.63, 3.8) is 0 Å². The number of benzene rings is 4. The van der Waals surface area contributed by atoms with Crippen molar-refractivity contribution >= 4 is 51.3 Å². The molecule has 0 saturated heterocycles. The minimum Gasteiger partial charge on any atom is -0.489 e. The van der Waals surface area contributed by atoms with E-state index in [1.54, 1.807) is 6.07 Å². The molecule has 1 N–H and O–H groups in total. The fourth-order valence-corrected chi connectivity index (χ4v) is 3.93. The van der Waals surface area contributed by atoms with Crippen molar-refractivity contribution in [1.82, 2.24) is 0 Å². The molecule has 0 aliphatic rings. The molecule has 4 rings (SSSR count). The number of rotatable bonds is 6. The molecule has 0 radical (unpaired) electrons. The first-order valence-corrected chi connectivity index (χ1v) is 10.3. The maximum Gasteiger partial charge on any atom is 0.125 e. The smallest absolute Gasteiger partial charge is 0.125 e. The second kappa shape index (κ2) is 8.96. The van der Waals surface area contributed by atoms with Crippen LogP contribution >= 0.6 is 34.8 Å². The van der Waals surface area contributed by atoms with Crippen molar-refractivity contribution in [3.8, 4) is 5.75 Å². The summed E-state index contributed by atoms with van der Waals surface area (Å²) in [4.78, 5) is 0. The van der Waals surface area contributed by atoms with Crippen LogP contribution in [0.25, 0.3) is 10.8 Å². The molecule has 0 spiro atoms. The molecular formula is C24H18Cl3NO. The Hall–Kier alpha value is -2.39. The van der Waals surface area contributed by atoms with Gasteiger partial charge in [0.2, 0.25) is 0 Å². The molecule has 2 nitrogen and oxygen atoms in total. The molecule has 4 aromatic carbocycles. The lowest BCUT2D eigenvalue weighted by Crippen LogP contribution is -2.05. The summed E-state index contributed by atoms with van der Waals surface area (Å²) in [5.41, 5.74) is 2.91. The lowest BCUT2D eigenvalue weighted by Gasteiger charge is -2.16. The van der Waals surface area contributed by atoms with Crippen molar-refractivity contribution in [2.75, 3.05) is 5.32 Å². The van der Waals surface area contributed by atoms with Gasteiger partial charge in [0.25, 0.3) is 0 Å². The molecular weight excluding hydrogens is 425 g/mol. The summed E-state index contributed by atoms with van der Waals surface area (Å²) in [5, 5.41) is 7.58. The zero-order valence-corrected chi connectivity index (χ0v) is 17.7. The zero-order valence-electron chi connectivity index (χ0n) is 15.5. The quantitative estimate of drug-likeness (QED) is 0.327. The van der Waals surface area contributed by atoms with Gasteiger partial charge < -0.3 is 10.1 Å². The van der Waals surface area contributed by atoms with E-state index in [0.717, 1.165) is 33.3 Å². The van der Waals surface area contributed by atoms with E-state index in [4.69, 9.17) is 39.5 Å². The summed E-state index contributed by atoms with van der Waals surface area (Å²) in [6.45, 7) is 1.00. The van der Waals surface area contributed by atoms with Gasteiger partial charge in [-0.15, -0.1) is 0 Å². The Labute approximate surface area is 185 Å². The first-order chi connectivity index (χ1) is 14.1. The van der Waals surface area contributed by atoms with Crippen LogP contribution in [0.5, 0.6) is 5.75 Å². The van der Waals surface area contributed by atoms with Crippen molar-refractivity contribution in [1.29, 1.82) is 0 Å². The molecule has 0 bridgehead atoms. The Balaban J connectivity index is 1.63. The van der Waals surface area contributed by atoms with Gasteiger partial charge in [0, 0.05) is 22.2 Å². The predicted octanol–water partition coefficient (Wildman–Crippen LogP) is 7.99. The van der Waals surface area contributed by atoms with Gasteiger partial charge in [-0.2, -0.15) is 0 Å². The third kappa shape index (κ3) is 4.79. The van der Waals surface area contributed by atoms with E-state index in [-0.39, 0.29) is 0 Å². The van der Waals surface area contributed by atoms with Gasteiger partial charge in [0.05, 0.1) is 10.7 Å². The Morgan fingerprint density at radius 1 is 0.759 bits per heavy atom. The molecule has 5 heteroatoms. The number of ether oxygens (including phenoxy) is 1. The lowest BCUT2D eigenvalue weighted by molar-refractivity contribution is 0.304. The Morgan fingerprint density at radius 3 is 2.41 bits per heavy atom. The topological polar surface area (TPSA) is 21.3 Å². The maximum atomic E-state index is 6.32. The Kier molecular flexibility index (Phi) is 6.15. The van der Waals surface area contributed by atoms with Gasteiger partial charge in [-0.1, -0.05) is 77.3 Å². The van der Waals surface area contributed by atoms with Crippen LogP contribution in [0.4, 0.5) is 5.69 Å². The van der Waals surface area contributed by atoms with Gasteiger partial charge in [0.15, 0.2) is 0 Å². The standard InChI is InChI=1S/C24H18Cl3NO/c25-18-6-3-4-16(12-18)15-29-24-11-8-17-5-1-2-7-20(17)21(24)14-28-23-10-9-19(26)13-22(23)27/h1-13,28H,14-15H2. The average molecular weight is 443 g/mol. The summed E-state index contributed by atoms with van der Waals surface area (Å²) in [5.74, 6) is 0.821. The molecule has 0 unspecified atom stereocenters. The van der Waals surface area contributed by atoms with E-state index in [2.05, 4.69) is 23.5 Å². The maximum absolute atomic E-state index is 6.32. The number of halogens is 3. The summed E-state index contributed by atoms with van der Waals surface area (Å²) >= 11 is 18.4. The van der Waals surface area contributed by atoms with Crippen molar-refractivity contribution in [3.05, 3.63) is 105 Å². The highest BCUT2D eigenvalue weighted by molar-refractivity contribution is 6.36. The monoisotopic (exact) mass is 441 g/mol. The van der Waals surface area contributed by atoms with Gasteiger partial charge in [-0.25, -0.2) is 0 Å².